The van der Waals surface area contributed by atoms with E-state index < -0.39 is 29.7 Å². The fourth-order valence-electron chi connectivity index (χ4n) is 4.46. The molecule has 0 radical (unpaired) electrons. The summed E-state index contributed by atoms with van der Waals surface area (Å²) in [5, 5.41) is 13.4. The number of aromatic nitrogens is 2. The van der Waals surface area contributed by atoms with Crippen molar-refractivity contribution in [2.45, 2.75) is 38.4 Å². The number of hydrogen-bond acceptors (Lipinski definition) is 7. The first-order valence-corrected chi connectivity index (χ1v) is 10.3. The molecule has 1 fully saturated rings. The van der Waals surface area contributed by atoms with Crippen molar-refractivity contribution >= 4 is 29.4 Å². The van der Waals surface area contributed by atoms with Crippen LogP contribution in [0.4, 0.5) is 5.82 Å². The normalized spacial score (nSPS) is 20.5. The van der Waals surface area contributed by atoms with Crippen LogP contribution in [-0.2, 0) is 36.1 Å². The van der Waals surface area contributed by atoms with Crippen molar-refractivity contribution in [2.75, 3.05) is 11.9 Å². The van der Waals surface area contributed by atoms with Crippen LogP contribution in [0.2, 0.25) is 0 Å². The second-order valence-corrected chi connectivity index (χ2v) is 8.00. The summed E-state index contributed by atoms with van der Waals surface area (Å²) in [4.78, 5) is 50.3. The molecule has 3 N–H and O–H groups in total. The number of rotatable bonds is 4. The zero-order valence-electron chi connectivity index (χ0n) is 17.0. The van der Waals surface area contributed by atoms with Crippen molar-refractivity contribution in [1.82, 2.24) is 25.3 Å². The van der Waals surface area contributed by atoms with E-state index in [1.807, 2.05) is 11.7 Å². The number of benzene rings is 1. The minimum absolute atomic E-state index is 0.100. The van der Waals surface area contributed by atoms with E-state index in [2.05, 4.69) is 21.0 Å². The molecule has 0 spiro atoms. The highest BCUT2D eigenvalue weighted by Crippen LogP contribution is 2.29. The molecule has 3 aliphatic heterocycles. The van der Waals surface area contributed by atoms with E-state index in [4.69, 9.17) is 0 Å². The first kappa shape index (κ1) is 19.4. The average molecular weight is 422 g/mol. The van der Waals surface area contributed by atoms with Gasteiger partial charge < -0.3 is 10.6 Å². The lowest BCUT2D eigenvalue weighted by Gasteiger charge is -2.27. The van der Waals surface area contributed by atoms with Crippen LogP contribution in [0.3, 0.4) is 0 Å². The van der Waals surface area contributed by atoms with Gasteiger partial charge in [0.15, 0.2) is 5.82 Å². The van der Waals surface area contributed by atoms with Crippen LogP contribution in [0.5, 0.6) is 0 Å². The van der Waals surface area contributed by atoms with Crippen LogP contribution in [0.25, 0.3) is 0 Å². The van der Waals surface area contributed by atoms with Crippen LogP contribution in [-0.4, -0.2) is 50.9 Å². The third-order valence-electron chi connectivity index (χ3n) is 6.08. The van der Waals surface area contributed by atoms with Crippen LogP contribution in [0, 0.1) is 0 Å². The van der Waals surface area contributed by atoms with Gasteiger partial charge in [-0.05, 0) is 37.1 Å². The molecule has 4 heterocycles. The monoisotopic (exact) mass is 422 g/mol. The molecule has 160 valence electrons. The van der Waals surface area contributed by atoms with E-state index in [0.29, 0.717) is 6.54 Å². The topological polar surface area (TPSA) is 125 Å². The first-order chi connectivity index (χ1) is 14.9. The number of carbonyl (C=O) groups excluding carboxylic acids is 4. The number of imide groups is 2. The largest absolute Gasteiger partial charge is 0.364 e. The summed E-state index contributed by atoms with van der Waals surface area (Å²) in [7, 11) is 1.92. The second kappa shape index (κ2) is 7.31. The Balaban J connectivity index is 1.35. The van der Waals surface area contributed by atoms with Crippen LogP contribution in [0.1, 0.15) is 50.4 Å². The van der Waals surface area contributed by atoms with Crippen molar-refractivity contribution in [2.24, 2.45) is 7.05 Å². The van der Waals surface area contributed by atoms with Crippen molar-refractivity contribution in [3.63, 3.8) is 0 Å². The zero-order valence-corrected chi connectivity index (χ0v) is 17.0. The number of carbonyl (C=O) groups is 4. The van der Waals surface area contributed by atoms with Crippen molar-refractivity contribution in [3.8, 4) is 0 Å². The van der Waals surface area contributed by atoms with Crippen LogP contribution >= 0.6 is 0 Å². The summed E-state index contributed by atoms with van der Waals surface area (Å²) in [6, 6.07) is 4.14. The third kappa shape index (κ3) is 3.19. The Bertz CT molecular complexity index is 1140. The molecule has 1 aromatic carbocycles. The minimum atomic E-state index is -0.958. The number of nitrogens with one attached hydrogen (secondary N) is 3. The lowest BCUT2D eigenvalue weighted by molar-refractivity contribution is -0.136. The highest BCUT2D eigenvalue weighted by molar-refractivity contribution is 6.23. The molecular weight excluding hydrogens is 400 g/mol. The summed E-state index contributed by atoms with van der Waals surface area (Å²) in [5.41, 5.74) is 3.74. The fourth-order valence-corrected chi connectivity index (χ4v) is 4.46. The highest BCUT2D eigenvalue weighted by Gasteiger charge is 2.44. The second-order valence-electron chi connectivity index (χ2n) is 8.00. The van der Waals surface area contributed by atoms with Gasteiger partial charge >= 0.3 is 0 Å². The molecular formula is C21H22N6O4. The lowest BCUT2D eigenvalue weighted by Crippen LogP contribution is -2.54. The Labute approximate surface area is 178 Å². The fraction of sp³-hybridized carbons (Fsp3) is 0.381. The SMILES string of the molecule is Cn1nc(NCc2ccc3c(c2)C(=O)N(C2CCC(=O)NC2=O)C3=O)c2c1CNCC2. The van der Waals surface area contributed by atoms with E-state index >= 15 is 0 Å². The van der Waals surface area contributed by atoms with Gasteiger partial charge in [-0.3, -0.25) is 34.1 Å². The molecule has 0 saturated carbocycles. The van der Waals surface area contributed by atoms with E-state index in [-0.39, 0.29) is 24.0 Å². The van der Waals surface area contributed by atoms with E-state index in [9.17, 15) is 19.2 Å². The van der Waals surface area contributed by atoms with Crippen molar-refractivity contribution in [1.29, 1.82) is 0 Å². The Kier molecular flexibility index (Phi) is 4.58. The molecule has 1 unspecified atom stereocenters. The maximum atomic E-state index is 13.0. The number of nitrogens with zero attached hydrogens (tertiary/aromatic N) is 3. The van der Waals surface area contributed by atoms with E-state index in [1.165, 1.54) is 5.56 Å². The number of amides is 4. The molecule has 31 heavy (non-hydrogen) atoms. The molecule has 0 aliphatic carbocycles. The van der Waals surface area contributed by atoms with Crippen LogP contribution in [0.15, 0.2) is 18.2 Å². The van der Waals surface area contributed by atoms with Gasteiger partial charge in [-0.2, -0.15) is 5.10 Å². The van der Waals surface area contributed by atoms with Crippen molar-refractivity contribution in [3.05, 3.63) is 46.1 Å². The summed E-state index contributed by atoms with van der Waals surface area (Å²) >= 11 is 0. The summed E-state index contributed by atoms with van der Waals surface area (Å²) in [6.07, 6.45) is 1.14. The third-order valence-corrected chi connectivity index (χ3v) is 6.08. The maximum absolute atomic E-state index is 13.0. The Morgan fingerprint density at radius 2 is 1.94 bits per heavy atom. The zero-order chi connectivity index (χ0) is 21.7. The van der Waals surface area contributed by atoms with Gasteiger partial charge in [-0.1, -0.05) is 6.07 Å². The summed E-state index contributed by atoms with van der Waals surface area (Å²) in [5.74, 6) is -1.18. The molecule has 5 rings (SSSR count). The standard InChI is InChI=1S/C21H22N6O4/c1-26-16-10-22-7-6-13(16)18(25-26)23-9-11-2-3-12-14(8-11)21(31)27(20(12)30)15-4-5-17(28)24-19(15)29/h2-3,8,15,22H,4-7,9-10H2,1H3,(H,23,25)(H,24,28,29). The average Bonchev–Trinajstić information content (AvgIpc) is 3.21. The summed E-state index contributed by atoms with van der Waals surface area (Å²) in [6.45, 7) is 2.13. The highest BCUT2D eigenvalue weighted by atomic mass is 16.2. The Morgan fingerprint density at radius 3 is 2.74 bits per heavy atom. The van der Waals surface area contributed by atoms with E-state index in [1.54, 1.807) is 18.2 Å². The predicted molar refractivity (Wildman–Crippen MR) is 109 cm³/mol. The maximum Gasteiger partial charge on any atom is 0.262 e. The smallest absolute Gasteiger partial charge is 0.262 e. The number of fused-ring (bicyclic) bond motifs is 2. The lowest BCUT2D eigenvalue weighted by atomic mass is 10.0. The number of piperidine rings is 1. The van der Waals surface area contributed by atoms with Gasteiger partial charge in [-0.25, -0.2) is 0 Å². The predicted octanol–water partition coefficient (Wildman–Crippen LogP) is 0.0791. The minimum Gasteiger partial charge on any atom is -0.364 e. The van der Waals surface area contributed by atoms with E-state index in [0.717, 1.165) is 41.5 Å². The molecule has 1 saturated heterocycles. The van der Waals surface area contributed by atoms with Gasteiger partial charge in [0.2, 0.25) is 11.8 Å². The summed E-state index contributed by atoms with van der Waals surface area (Å²) < 4.78 is 1.87. The number of hydrogen-bond donors (Lipinski definition) is 3. The van der Waals surface area contributed by atoms with Gasteiger partial charge in [0, 0.05) is 32.1 Å². The van der Waals surface area contributed by atoms with Crippen LogP contribution < -0.4 is 16.0 Å². The molecule has 2 aromatic rings. The molecule has 4 amide bonds. The first-order valence-electron chi connectivity index (χ1n) is 10.3. The van der Waals surface area contributed by atoms with Gasteiger partial charge in [0.25, 0.3) is 11.8 Å². The number of anilines is 1. The Hall–Kier alpha value is -3.53. The molecule has 1 aromatic heterocycles. The molecule has 10 nitrogen and oxygen atoms in total. The Morgan fingerprint density at radius 1 is 1.13 bits per heavy atom. The van der Waals surface area contributed by atoms with Gasteiger partial charge in [-0.15, -0.1) is 0 Å². The molecule has 10 heteroatoms. The number of aryl methyl sites for hydroxylation is 1. The van der Waals surface area contributed by atoms with Gasteiger partial charge in [0.1, 0.15) is 6.04 Å². The quantitative estimate of drug-likeness (QED) is 0.596. The van der Waals surface area contributed by atoms with Crippen molar-refractivity contribution < 1.29 is 19.2 Å². The molecule has 0 bridgehead atoms. The molecule has 3 aliphatic rings. The molecule has 1 atom stereocenters. The van der Waals surface area contributed by atoms with Gasteiger partial charge in [0.05, 0.1) is 16.8 Å².